The first-order valence-electron chi connectivity index (χ1n) is 7.45. The van der Waals surface area contributed by atoms with Gasteiger partial charge in [-0.1, -0.05) is 29.8 Å². The van der Waals surface area contributed by atoms with Gasteiger partial charge in [-0.25, -0.2) is 0 Å². The molecule has 1 aliphatic heterocycles. The molecule has 0 aromatic heterocycles. The first kappa shape index (κ1) is 15.3. The highest BCUT2D eigenvalue weighted by Crippen LogP contribution is 2.18. The van der Waals surface area contributed by atoms with Crippen molar-refractivity contribution in [2.75, 3.05) is 13.1 Å². The van der Waals surface area contributed by atoms with Gasteiger partial charge in [-0.15, -0.1) is 0 Å². The third-order valence-corrected chi connectivity index (χ3v) is 4.29. The van der Waals surface area contributed by atoms with E-state index in [4.69, 9.17) is 11.6 Å². The Morgan fingerprint density at radius 1 is 1.45 bits per heavy atom. The second kappa shape index (κ2) is 7.65. The van der Waals surface area contributed by atoms with Gasteiger partial charge in [0.25, 0.3) is 0 Å². The van der Waals surface area contributed by atoms with Gasteiger partial charge in [0.1, 0.15) is 0 Å². The van der Waals surface area contributed by atoms with Crippen LogP contribution in [-0.4, -0.2) is 29.9 Å². The number of nitrogens with zero attached hydrogens (tertiary/aromatic N) is 1. The van der Waals surface area contributed by atoms with Crippen LogP contribution in [0.15, 0.2) is 24.3 Å². The van der Waals surface area contributed by atoms with Gasteiger partial charge in [0, 0.05) is 30.6 Å². The highest BCUT2D eigenvalue weighted by molar-refractivity contribution is 6.31. The molecule has 1 aromatic carbocycles. The molecule has 1 N–H and O–H groups in total. The van der Waals surface area contributed by atoms with E-state index in [0.29, 0.717) is 19.0 Å². The molecule has 0 radical (unpaired) electrons. The van der Waals surface area contributed by atoms with Crippen LogP contribution in [0.2, 0.25) is 5.02 Å². The number of benzene rings is 1. The van der Waals surface area contributed by atoms with Crippen molar-refractivity contribution in [1.82, 2.24) is 10.2 Å². The van der Waals surface area contributed by atoms with E-state index in [9.17, 15) is 4.79 Å². The molecule has 2 rings (SSSR count). The Hall–Kier alpha value is -1.06. The van der Waals surface area contributed by atoms with E-state index < -0.39 is 0 Å². The minimum Gasteiger partial charge on any atom is -0.339 e. The molecule has 1 fully saturated rings. The van der Waals surface area contributed by atoms with E-state index in [1.54, 1.807) is 0 Å². The molecule has 20 heavy (non-hydrogen) atoms. The van der Waals surface area contributed by atoms with Crippen LogP contribution in [-0.2, 0) is 11.3 Å². The summed E-state index contributed by atoms with van der Waals surface area (Å²) in [5.74, 6) is 0.223. The van der Waals surface area contributed by atoms with Crippen molar-refractivity contribution in [2.24, 2.45) is 0 Å². The molecule has 3 nitrogen and oxygen atoms in total. The zero-order valence-corrected chi connectivity index (χ0v) is 12.8. The average molecular weight is 295 g/mol. The van der Waals surface area contributed by atoms with E-state index in [2.05, 4.69) is 5.32 Å². The maximum absolute atomic E-state index is 12.3. The summed E-state index contributed by atoms with van der Waals surface area (Å²) in [6.45, 7) is 4.44. The summed E-state index contributed by atoms with van der Waals surface area (Å²) in [5, 5.41) is 4.17. The minimum atomic E-state index is 0.223. The lowest BCUT2D eigenvalue weighted by molar-refractivity contribution is -0.131. The van der Waals surface area contributed by atoms with Gasteiger partial charge in [0.2, 0.25) is 5.91 Å². The maximum atomic E-state index is 12.3. The number of carbonyl (C=O) groups excluding carboxylic acids is 1. The number of amides is 1. The quantitative estimate of drug-likeness (QED) is 0.874. The van der Waals surface area contributed by atoms with E-state index in [1.165, 1.54) is 12.8 Å². The third-order valence-electron chi connectivity index (χ3n) is 3.92. The smallest absolute Gasteiger partial charge is 0.222 e. The zero-order chi connectivity index (χ0) is 14.4. The van der Waals surface area contributed by atoms with Gasteiger partial charge < -0.3 is 10.2 Å². The lowest BCUT2D eigenvalue weighted by Gasteiger charge is -2.22. The Balaban J connectivity index is 1.87. The largest absolute Gasteiger partial charge is 0.339 e. The minimum absolute atomic E-state index is 0.223. The molecule has 0 saturated carbocycles. The van der Waals surface area contributed by atoms with Crippen LogP contribution in [0.1, 0.15) is 38.2 Å². The molecule has 0 spiro atoms. The highest BCUT2D eigenvalue weighted by atomic mass is 35.5. The van der Waals surface area contributed by atoms with Gasteiger partial charge in [-0.05, 0) is 44.4 Å². The first-order chi connectivity index (χ1) is 9.70. The van der Waals surface area contributed by atoms with Crippen molar-refractivity contribution in [3.05, 3.63) is 34.9 Å². The van der Waals surface area contributed by atoms with Crippen LogP contribution in [0.3, 0.4) is 0 Å². The van der Waals surface area contributed by atoms with Gasteiger partial charge in [-0.3, -0.25) is 4.79 Å². The van der Waals surface area contributed by atoms with E-state index in [-0.39, 0.29) is 5.91 Å². The fourth-order valence-electron chi connectivity index (χ4n) is 2.67. The summed E-state index contributed by atoms with van der Waals surface area (Å²) in [6.07, 6.45) is 3.99. The van der Waals surface area contributed by atoms with E-state index in [0.717, 1.165) is 30.1 Å². The molecule has 1 atom stereocenters. The van der Waals surface area contributed by atoms with Crippen LogP contribution in [0, 0.1) is 0 Å². The lowest BCUT2D eigenvalue weighted by atomic mass is 10.1. The monoisotopic (exact) mass is 294 g/mol. The Morgan fingerprint density at radius 2 is 2.25 bits per heavy atom. The number of hydrogen-bond donors (Lipinski definition) is 1. The Kier molecular flexibility index (Phi) is 5.86. The second-order valence-corrected chi connectivity index (χ2v) is 5.74. The molecule has 0 aliphatic carbocycles. The topological polar surface area (TPSA) is 32.3 Å². The molecular formula is C16H23ClN2O. The average Bonchev–Trinajstić information content (AvgIpc) is 2.97. The SMILES string of the molecule is CCN(Cc1ccccc1Cl)C(=O)CCC1CCCN1. The molecular weight excluding hydrogens is 272 g/mol. The number of rotatable bonds is 6. The molecule has 1 unspecified atom stereocenters. The number of hydrogen-bond acceptors (Lipinski definition) is 2. The van der Waals surface area contributed by atoms with E-state index in [1.807, 2.05) is 36.1 Å². The normalized spacial score (nSPS) is 18.2. The molecule has 0 bridgehead atoms. The number of halogens is 1. The molecule has 4 heteroatoms. The highest BCUT2D eigenvalue weighted by Gasteiger charge is 2.18. The van der Waals surface area contributed by atoms with Crippen LogP contribution < -0.4 is 5.32 Å². The van der Waals surface area contributed by atoms with Crippen molar-refractivity contribution in [1.29, 1.82) is 0 Å². The lowest BCUT2D eigenvalue weighted by Crippen LogP contribution is -2.32. The van der Waals surface area contributed by atoms with Gasteiger partial charge in [0.15, 0.2) is 0 Å². The Bertz CT molecular complexity index is 444. The molecule has 1 aliphatic rings. The summed E-state index contributed by atoms with van der Waals surface area (Å²) in [7, 11) is 0. The summed E-state index contributed by atoms with van der Waals surface area (Å²) in [6, 6.07) is 8.25. The fraction of sp³-hybridized carbons (Fsp3) is 0.562. The second-order valence-electron chi connectivity index (χ2n) is 5.33. The molecule has 1 saturated heterocycles. The summed E-state index contributed by atoms with van der Waals surface area (Å²) >= 11 is 6.16. The van der Waals surface area contributed by atoms with Gasteiger partial charge in [-0.2, -0.15) is 0 Å². The Labute approximate surface area is 126 Å². The third kappa shape index (κ3) is 4.22. The van der Waals surface area contributed by atoms with Crippen molar-refractivity contribution in [3.8, 4) is 0 Å². The van der Waals surface area contributed by atoms with Gasteiger partial charge in [0.05, 0.1) is 0 Å². The summed E-state index contributed by atoms with van der Waals surface area (Å²) in [5.41, 5.74) is 1.02. The Morgan fingerprint density at radius 3 is 2.90 bits per heavy atom. The summed E-state index contributed by atoms with van der Waals surface area (Å²) < 4.78 is 0. The predicted octanol–water partition coefficient (Wildman–Crippen LogP) is 3.22. The van der Waals surface area contributed by atoms with Gasteiger partial charge >= 0.3 is 0 Å². The van der Waals surface area contributed by atoms with Crippen LogP contribution in [0.25, 0.3) is 0 Å². The number of nitrogens with one attached hydrogen (secondary N) is 1. The summed E-state index contributed by atoms with van der Waals surface area (Å²) in [4.78, 5) is 14.2. The molecule has 1 amide bonds. The van der Waals surface area contributed by atoms with Crippen LogP contribution in [0.4, 0.5) is 0 Å². The first-order valence-corrected chi connectivity index (χ1v) is 7.83. The number of carbonyl (C=O) groups is 1. The molecule has 1 aromatic rings. The van der Waals surface area contributed by atoms with Crippen molar-refractivity contribution >= 4 is 17.5 Å². The molecule has 1 heterocycles. The maximum Gasteiger partial charge on any atom is 0.222 e. The zero-order valence-electron chi connectivity index (χ0n) is 12.1. The predicted molar refractivity (Wildman–Crippen MR) is 82.8 cm³/mol. The van der Waals surface area contributed by atoms with Crippen molar-refractivity contribution in [2.45, 2.75) is 45.2 Å². The van der Waals surface area contributed by atoms with Crippen LogP contribution >= 0.6 is 11.6 Å². The molecule has 110 valence electrons. The standard InChI is InChI=1S/C16H23ClN2O/c1-2-19(12-13-6-3-4-8-15(13)17)16(20)10-9-14-7-5-11-18-14/h3-4,6,8,14,18H,2,5,7,9-12H2,1H3. The van der Waals surface area contributed by atoms with Crippen molar-refractivity contribution in [3.63, 3.8) is 0 Å². The fourth-order valence-corrected chi connectivity index (χ4v) is 2.86. The van der Waals surface area contributed by atoms with Crippen LogP contribution in [0.5, 0.6) is 0 Å². The van der Waals surface area contributed by atoms with Crippen molar-refractivity contribution < 1.29 is 4.79 Å². The van der Waals surface area contributed by atoms with E-state index >= 15 is 0 Å².